The molecule has 0 aliphatic carbocycles. The molecule has 1 heterocycles. The van der Waals surface area contributed by atoms with E-state index in [-0.39, 0.29) is 17.1 Å². The number of phenols is 2. The highest BCUT2D eigenvalue weighted by Crippen LogP contribution is 2.37. The van der Waals surface area contributed by atoms with Crippen LogP contribution < -0.4 is 0 Å². The van der Waals surface area contributed by atoms with Crippen LogP contribution in [0.15, 0.2) is 46.9 Å². The van der Waals surface area contributed by atoms with Crippen molar-refractivity contribution in [3.05, 3.63) is 58.1 Å². The summed E-state index contributed by atoms with van der Waals surface area (Å²) in [7, 11) is 0. The molecule has 0 radical (unpaired) electrons. The Kier molecular flexibility index (Phi) is 5.82. The van der Waals surface area contributed by atoms with Crippen LogP contribution in [0.25, 0.3) is 0 Å². The molecule has 7 heteroatoms. The molecular weight excluding hydrogens is 416 g/mol. The fourth-order valence-corrected chi connectivity index (χ4v) is 3.62. The lowest BCUT2D eigenvalue weighted by molar-refractivity contribution is -0.153. The smallest absolute Gasteiger partial charge is 0.317 e. The largest absolute Gasteiger partial charge is 0.508 e. The monoisotopic (exact) mass is 434 g/mol. The van der Waals surface area contributed by atoms with Crippen LogP contribution in [0.2, 0.25) is 0 Å². The molecule has 1 aliphatic heterocycles. The molecule has 1 fully saturated rings. The van der Waals surface area contributed by atoms with Gasteiger partial charge in [0.15, 0.2) is 6.61 Å². The van der Waals surface area contributed by atoms with Gasteiger partial charge >= 0.3 is 5.97 Å². The number of aromatic hydroxyl groups is 2. The number of esters is 1. The van der Waals surface area contributed by atoms with Gasteiger partial charge in [-0.25, -0.2) is 0 Å². The van der Waals surface area contributed by atoms with Crippen LogP contribution in [-0.4, -0.2) is 41.8 Å². The number of benzene rings is 2. The summed E-state index contributed by atoms with van der Waals surface area (Å²) in [5.41, 5.74) is -0.0755. The Hall–Kier alpha value is -2.38. The van der Waals surface area contributed by atoms with Crippen molar-refractivity contribution in [3.8, 4) is 11.5 Å². The van der Waals surface area contributed by atoms with Gasteiger partial charge in [-0.3, -0.25) is 9.59 Å². The van der Waals surface area contributed by atoms with Gasteiger partial charge in [-0.1, -0.05) is 28.1 Å². The van der Waals surface area contributed by atoms with Gasteiger partial charge in [0.1, 0.15) is 11.5 Å². The van der Waals surface area contributed by atoms with Crippen molar-refractivity contribution in [3.63, 3.8) is 0 Å². The Bertz CT molecular complexity index is 857. The molecule has 1 saturated heterocycles. The first kappa shape index (κ1) is 19.4. The van der Waals surface area contributed by atoms with Gasteiger partial charge in [-0.05, 0) is 42.7 Å². The number of phenolic OH excluding ortho intramolecular Hbond substituents is 2. The highest BCUT2D eigenvalue weighted by atomic mass is 79.9. The SMILES string of the molecule is O=C(COC(=O)C1(c2cccc(Br)c2)CCOCC1)c1ccc(O)cc1O. The topological polar surface area (TPSA) is 93.1 Å². The van der Waals surface area contributed by atoms with E-state index in [2.05, 4.69) is 15.9 Å². The first-order chi connectivity index (χ1) is 12.9. The first-order valence-electron chi connectivity index (χ1n) is 8.48. The predicted molar refractivity (Wildman–Crippen MR) is 101 cm³/mol. The highest BCUT2D eigenvalue weighted by molar-refractivity contribution is 9.10. The van der Waals surface area contributed by atoms with E-state index in [1.54, 1.807) is 0 Å². The van der Waals surface area contributed by atoms with Crippen molar-refractivity contribution in [1.82, 2.24) is 0 Å². The van der Waals surface area contributed by atoms with Crippen LogP contribution >= 0.6 is 15.9 Å². The third-order valence-electron chi connectivity index (χ3n) is 4.73. The lowest BCUT2D eigenvalue weighted by Crippen LogP contribution is -2.43. The molecule has 0 amide bonds. The fraction of sp³-hybridized carbons (Fsp3) is 0.300. The number of carbonyl (C=O) groups is 2. The van der Waals surface area contributed by atoms with Crippen molar-refractivity contribution >= 4 is 27.7 Å². The number of ketones is 1. The second-order valence-corrected chi connectivity index (χ2v) is 7.32. The molecule has 142 valence electrons. The number of carbonyl (C=O) groups excluding carboxylic acids is 2. The van der Waals surface area contributed by atoms with E-state index in [0.717, 1.165) is 16.1 Å². The number of hydrogen-bond acceptors (Lipinski definition) is 6. The lowest BCUT2D eigenvalue weighted by Gasteiger charge is -2.35. The molecule has 2 aromatic carbocycles. The van der Waals surface area contributed by atoms with Crippen molar-refractivity contribution < 1.29 is 29.3 Å². The summed E-state index contributed by atoms with van der Waals surface area (Å²) in [6.45, 7) is 0.358. The molecule has 0 unspecified atom stereocenters. The Morgan fingerprint density at radius 1 is 1.11 bits per heavy atom. The maximum absolute atomic E-state index is 13.0. The standard InChI is InChI=1S/C20H19BrO6/c21-14-3-1-2-13(10-14)20(6-8-26-9-7-20)19(25)27-12-18(24)16-5-4-15(22)11-17(16)23/h1-5,10-11,22-23H,6-9,12H2. The van der Waals surface area contributed by atoms with Crippen LogP contribution in [0.4, 0.5) is 0 Å². The minimum absolute atomic E-state index is 0.0101. The minimum atomic E-state index is -0.876. The number of Topliss-reactive ketones (excluding diaryl/α,β-unsaturated/α-hetero) is 1. The average Bonchev–Trinajstić information content (AvgIpc) is 2.66. The van der Waals surface area contributed by atoms with Crippen LogP contribution in [-0.2, 0) is 19.7 Å². The molecule has 0 saturated carbocycles. The van der Waals surface area contributed by atoms with E-state index in [1.165, 1.54) is 12.1 Å². The van der Waals surface area contributed by atoms with E-state index in [4.69, 9.17) is 9.47 Å². The third-order valence-corrected chi connectivity index (χ3v) is 5.22. The summed E-state index contributed by atoms with van der Waals surface area (Å²) in [4.78, 5) is 25.3. The third kappa shape index (κ3) is 4.14. The van der Waals surface area contributed by atoms with E-state index in [0.29, 0.717) is 26.1 Å². The van der Waals surface area contributed by atoms with Gasteiger partial charge in [0.05, 0.1) is 11.0 Å². The molecule has 27 heavy (non-hydrogen) atoms. The molecule has 0 aromatic heterocycles. The number of hydrogen-bond donors (Lipinski definition) is 2. The summed E-state index contributed by atoms with van der Waals surface area (Å²) in [6, 6.07) is 11.1. The van der Waals surface area contributed by atoms with Gasteiger partial charge in [-0.2, -0.15) is 0 Å². The van der Waals surface area contributed by atoms with Crippen LogP contribution in [0.5, 0.6) is 11.5 Å². The zero-order valence-corrected chi connectivity index (χ0v) is 16.1. The van der Waals surface area contributed by atoms with Gasteiger partial charge in [0.25, 0.3) is 0 Å². The number of ether oxygens (including phenoxy) is 2. The van der Waals surface area contributed by atoms with Crippen molar-refractivity contribution in [2.24, 2.45) is 0 Å². The van der Waals surface area contributed by atoms with Crippen LogP contribution in [0.3, 0.4) is 0 Å². The average molecular weight is 435 g/mol. The molecule has 0 bridgehead atoms. The first-order valence-corrected chi connectivity index (χ1v) is 9.28. The Labute approximate surface area is 164 Å². The molecule has 2 N–H and O–H groups in total. The second-order valence-electron chi connectivity index (χ2n) is 6.41. The summed E-state index contributed by atoms with van der Waals surface area (Å²) in [5, 5.41) is 19.1. The van der Waals surface area contributed by atoms with Gasteiger partial charge < -0.3 is 19.7 Å². The van der Waals surface area contributed by atoms with Crippen molar-refractivity contribution in [2.45, 2.75) is 18.3 Å². The van der Waals surface area contributed by atoms with E-state index in [1.807, 2.05) is 24.3 Å². The molecule has 6 nitrogen and oxygen atoms in total. The van der Waals surface area contributed by atoms with E-state index >= 15 is 0 Å². The molecule has 0 atom stereocenters. The summed E-state index contributed by atoms with van der Waals surface area (Å²) in [6.07, 6.45) is 0.919. The normalized spacial score (nSPS) is 15.9. The lowest BCUT2D eigenvalue weighted by atomic mass is 9.74. The molecule has 0 spiro atoms. The molecular formula is C20H19BrO6. The summed E-state index contributed by atoms with van der Waals surface area (Å²) in [5.74, 6) is -1.55. The fourth-order valence-electron chi connectivity index (χ4n) is 3.22. The van der Waals surface area contributed by atoms with E-state index in [9.17, 15) is 19.8 Å². The second kappa shape index (κ2) is 8.10. The number of halogens is 1. The zero-order chi connectivity index (χ0) is 19.4. The molecule has 3 rings (SSSR count). The Morgan fingerprint density at radius 2 is 1.85 bits per heavy atom. The maximum Gasteiger partial charge on any atom is 0.317 e. The maximum atomic E-state index is 13.0. The highest BCUT2D eigenvalue weighted by Gasteiger charge is 2.43. The Balaban J connectivity index is 1.78. The zero-order valence-electron chi connectivity index (χ0n) is 14.5. The summed E-state index contributed by atoms with van der Waals surface area (Å²) >= 11 is 3.42. The van der Waals surface area contributed by atoms with Crippen LogP contribution in [0, 0.1) is 0 Å². The summed E-state index contributed by atoms with van der Waals surface area (Å²) < 4.78 is 11.6. The quantitative estimate of drug-likeness (QED) is 0.553. The van der Waals surface area contributed by atoms with Crippen molar-refractivity contribution in [1.29, 1.82) is 0 Å². The number of rotatable bonds is 5. The van der Waals surface area contributed by atoms with Gasteiger partial charge in [0.2, 0.25) is 5.78 Å². The van der Waals surface area contributed by atoms with E-state index < -0.39 is 23.8 Å². The molecule has 1 aliphatic rings. The van der Waals surface area contributed by atoms with Gasteiger partial charge in [0, 0.05) is 23.8 Å². The Morgan fingerprint density at radius 3 is 2.52 bits per heavy atom. The van der Waals surface area contributed by atoms with Crippen molar-refractivity contribution in [2.75, 3.05) is 19.8 Å². The van der Waals surface area contributed by atoms with Gasteiger partial charge in [-0.15, -0.1) is 0 Å². The minimum Gasteiger partial charge on any atom is -0.508 e. The predicted octanol–water partition coefficient (Wildman–Crippen LogP) is 3.33. The molecule has 2 aromatic rings. The van der Waals surface area contributed by atoms with Crippen LogP contribution in [0.1, 0.15) is 28.8 Å².